The SMILES string of the molecule is COc1ccc([CH]CC(C)C)cc1. The van der Waals surface area contributed by atoms with Crippen molar-refractivity contribution in [3.63, 3.8) is 0 Å². The van der Waals surface area contributed by atoms with E-state index in [9.17, 15) is 0 Å². The number of ether oxygens (including phenoxy) is 1. The fourth-order valence-corrected chi connectivity index (χ4v) is 1.11. The maximum Gasteiger partial charge on any atom is 0.118 e. The average Bonchev–Trinajstić information content (AvgIpc) is 2.15. The first-order chi connectivity index (χ1) is 6.22. The van der Waals surface area contributed by atoms with E-state index in [1.165, 1.54) is 5.56 Å². The normalized spacial score (nSPS) is 10.5. The lowest BCUT2D eigenvalue weighted by Gasteiger charge is -2.05. The van der Waals surface area contributed by atoms with Crippen molar-refractivity contribution in [1.82, 2.24) is 0 Å². The highest BCUT2D eigenvalue weighted by Gasteiger charge is 1.97. The van der Waals surface area contributed by atoms with Gasteiger partial charge < -0.3 is 4.74 Å². The Bertz CT molecular complexity index is 236. The molecule has 0 aromatic heterocycles. The van der Waals surface area contributed by atoms with Gasteiger partial charge in [-0.2, -0.15) is 0 Å². The third-order valence-electron chi connectivity index (χ3n) is 1.94. The van der Waals surface area contributed by atoms with Gasteiger partial charge in [-0.1, -0.05) is 26.0 Å². The number of hydrogen-bond acceptors (Lipinski definition) is 1. The lowest BCUT2D eigenvalue weighted by atomic mass is 10.0. The second-order valence-corrected chi connectivity index (χ2v) is 3.61. The van der Waals surface area contributed by atoms with E-state index in [0.717, 1.165) is 18.1 Å². The largest absolute Gasteiger partial charge is 0.497 e. The summed E-state index contributed by atoms with van der Waals surface area (Å²) >= 11 is 0. The predicted molar refractivity (Wildman–Crippen MR) is 55.9 cm³/mol. The summed E-state index contributed by atoms with van der Waals surface area (Å²) in [6.45, 7) is 4.44. The van der Waals surface area contributed by atoms with Gasteiger partial charge in [0.1, 0.15) is 5.75 Å². The summed E-state index contributed by atoms with van der Waals surface area (Å²) in [5.41, 5.74) is 1.27. The van der Waals surface area contributed by atoms with Crippen LogP contribution in [0.2, 0.25) is 0 Å². The predicted octanol–water partition coefficient (Wildman–Crippen LogP) is 3.29. The van der Waals surface area contributed by atoms with Gasteiger partial charge in [-0.05, 0) is 36.5 Å². The first-order valence-electron chi connectivity index (χ1n) is 4.69. The van der Waals surface area contributed by atoms with Crippen molar-refractivity contribution in [1.29, 1.82) is 0 Å². The Morgan fingerprint density at radius 1 is 1.23 bits per heavy atom. The van der Waals surface area contributed by atoms with Crippen LogP contribution in [0.3, 0.4) is 0 Å². The third kappa shape index (κ3) is 3.49. The highest BCUT2D eigenvalue weighted by Crippen LogP contribution is 2.15. The zero-order valence-corrected chi connectivity index (χ0v) is 8.58. The second kappa shape index (κ2) is 4.90. The molecule has 0 unspecified atom stereocenters. The van der Waals surface area contributed by atoms with Crippen LogP contribution in [0, 0.1) is 12.3 Å². The van der Waals surface area contributed by atoms with Crippen molar-refractivity contribution in [2.45, 2.75) is 20.3 Å². The number of hydrogen-bond donors (Lipinski definition) is 0. The highest BCUT2D eigenvalue weighted by molar-refractivity contribution is 5.30. The molecule has 71 valence electrons. The van der Waals surface area contributed by atoms with Gasteiger partial charge in [0.2, 0.25) is 0 Å². The Labute approximate surface area is 80.7 Å². The van der Waals surface area contributed by atoms with Crippen molar-refractivity contribution >= 4 is 0 Å². The van der Waals surface area contributed by atoms with Crippen LogP contribution in [0.4, 0.5) is 0 Å². The molecular weight excluding hydrogens is 160 g/mol. The fraction of sp³-hybridized carbons (Fsp3) is 0.417. The van der Waals surface area contributed by atoms with Gasteiger partial charge in [-0.25, -0.2) is 0 Å². The van der Waals surface area contributed by atoms with E-state index in [1.54, 1.807) is 7.11 Å². The summed E-state index contributed by atoms with van der Waals surface area (Å²) in [5, 5.41) is 0. The summed E-state index contributed by atoms with van der Waals surface area (Å²) in [6, 6.07) is 8.15. The van der Waals surface area contributed by atoms with Crippen LogP contribution in [-0.2, 0) is 0 Å². The molecule has 0 aliphatic carbocycles. The van der Waals surface area contributed by atoms with Crippen molar-refractivity contribution in [3.8, 4) is 5.75 Å². The fourth-order valence-electron chi connectivity index (χ4n) is 1.11. The molecule has 1 rings (SSSR count). The van der Waals surface area contributed by atoms with Gasteiger partial charge in [0.05, 0.1) is 7.11 Å². The van der Waals surface area contributed by atoms with E-state index in [2.05, 4.69) is 32.4 Å². The maximum atomic E-state index is 5.08. The molecular formula is C12H17O. The van der Waals surface area contributed by atoms with Crippen LogP contribution in [0.1, 0.15) is 25.8 Å². The summed E-state index contributed by atoms with van der Waals surface area (Å²) in [5.74, 6) is 1.64. The summed E-state index contributed by atoms with van der Waals surface area (Å²) in [4.78, 5) is 0. The van der Waals surface area contributed by atoms with Crippen LogP contribution >= 0.6 is 0 Å². The van der Waals surface area contributed by atoms with Crippen LogP contribution in [0.15, 0.2) is 24.3 Å². The maximum absolute atomic E-state index is 5.08. The van der Waals surface area contributed by atoms with Crippen molar-refractivity contribution in [2.24, 2.45) is 5.92 Å². The number of methoxy groups -OCH3 is 1. The minimum atomic E-state index is 0.724. The van der Waals surface area contributed by atoms with Crippen LogP contribution < -0.4 is 4.74 Å². The molecule has 0 aliphatic rings. The molecule has 0 fully saturated rings. The minimum absolute atomic E-state index is 0.724. The number of rotatable bonds is 4. The molecule has 0 heterocycles. The molecule has 0 aliphatic heterocycles. The Morgan fingerprint density at radius 2 is 1.85 bits per heavy atom. The zero-order valence-electron chi connectivity index (χ0n) is 8.58. The summed E-state index contributed by atoms with van der Waals surface area (Å²) in [7, 11) is 1.69. The molecule has 1 aromatic rings. The molecule has 1 nitrogen and oxygen atoms in total. The molecule has 0 N–H and O–H groups in total. The van der Waals surface area contributed by atoms with Gasteiger partial charge in [0.15, 0.2) is 0 Å². The lowest BCUT2D eigenvalue weighted by molar-refractivity contribution is 0.414. The van der Waals surface area contributed by atoms with E-state index < -0.39 is 0 Å². The molecule has 1 radical (unpaired) electrons. The van der Waals surface area contributed by atoms with Crippen molar-refractivity contribution < 1.29 is 4.74 Å². The van der Waals surface area contributed by atoms with Gasteiger partial charge in [-0.15, -0.1) is 0 Å². The Morgan fingerprint density at radius 3 is 2.31 bits per heavy atom. The Kier molecular flexibility index (Phi) is 3.81. The standard InChI is InChI=1S/C12H17O/c1-10(2)4-5-11-6-8-12(13-3)9-7-11/h5-10H,4H2,1-3H3. The molecule has 0 bridgehead atoms. The van der Waals surface area contributed by atoms with Crippen molar-refractivity contribution in [3.05, 3.63) is 36.2 Å². The summed E-state index contributed by atoms with van der Waals surface area (Å²) < 4.78 is 5.08. The van der Waals surface area contributed by atoms with E-state index >= 15 is 0 Å². The Balaban J connectivity index is 2.49. The van der Waals surface area contributed by atoms with Crippen LogP contribution in [-0.4, -0.2) is 7.11 Å². The molecule has 0 saturated heterocycles. The molecule has 1 heteroatoms. The van der Waals surface area contributed by atoms with Gasteiger partial charge in [-0.3, -0.25) is 0 Å². The first-order valence-corrected chi connectivity index (χ1v) is 4.69. The quantitative estimate of drug-likeness (QED) is 0.685. The van der Waals surface area contributed by atoms with E-state index in [-0.39, 0.29) is 0 Å². The van der Waals surface area contributed by atoms with Gasteiger partial charge in [0, 0.05) is 0 Å². The molecule has 0 atom stereocenters. The lowest BCUT2D eigenvalue weighted by Crippen LogP contribution is -1.89. The van der Waals surface area contributed by atoms with E-state index in [0.29, 0.717) is 0 Å². The zero-order chi connectivity index (χ0) is 9.68. The average molecular weight is 177 g/mol. The summed E-state index contributed by atoms with van der Waals surface area (Å²) in [6.07, 6.45) is 3.39. The van der Waals surface area contributed by atoms with E-state index in [4.69, 9.17) is 4.74 Å². The third-order valence-corrected chi connectivity index (χ3v) is 1.94. The monoisotopic (exact) mass is 177 g/mol. The molecule has 1 aromatic carbocycles. The van der Waals surface area contributed by atoms with Gasteiger partial charge >= 0.3 is 0 Å². The molecule has 0 amide bonds. The topological polar surface area (TPSA) is 9.23 Å². The molecule has 13 heavy (non-hydrogen) atoms. The van der Waals surface area contributed by atoms with Crippen LogP contribution in [0.25, 0.3) is 0 Å². The smallest absolute Gasteiger partial charge is 0.118 e. The second-order valence-electron chi connectivity index (χ2n) is 3.61. The highest BCUT2D eigenvalue weighted by atomic mass is 16.5. The van der Waals surface area contributed by atoms with Crippen LogP contribution in [0.5, 0.6) is 5.75 Å². The molecule has 0 spiro atoms. The Hall–Kier alpha value is -0.980. The van der Waals surface area contributed by atoms with E-state index in [1.807, 2.05) is 12.1 Å². The first kappa shape index (κ1) is 10.1. The molecule has 0 saturated carbocycles. The van der Waals surface area contributed by atoms with Crippen molar-refractivity contribution in [2.75, 3.05) is 7.11 Å². The van der Waals surface area contributed by atoms with Gasteiger partial charge in [0.25, 0.3) is 0 Å². The minimum Gasteiger partial charge on any atom is -0.497 e. The number of benzene rings is 1.